The monoisotopic (exact) mass is 624 g/mol. The Morgan fingerprint density at radius 1 is 1.02 bits per heavy atom. The first-order valence-corrected chi connectivity index (χ1v) is 16.7. The summed E-state index contributed by atoms with van der Waals surface area (Å²) < 4.78 is 17.5. The fraction of sp³-hybridized carbons (Fsp3) is 0.528. The summed E-state index contributed by atoms with van der Waals surface area (Å²) in [5.74, 6) is 1.02. The lowest BCUT2D eigenvalue weighted by Gasteiger charge is -2.37. The van der Waals surface area contributed by atoms with Crippen LogP contribution in [0, 0.1) is 11.8 Å². The molecule has 2 aromatic carbocycles. The number of hydrogen-bond donors (Lipinski definition) is 2. The van der Waals surface area contributed by atoms with Crippen molar-refractivity contribution in [2.75, 3.05) is 7.11 Å². The predicted octanol–water partition coefficient (Wildman–Crippen LogP) is 5.57. The average molecular weight is 625 g/mol. The summed E-state index contributed by atoms with van der Waals surface area (Å²) in [4.78, 5) is 36.4. The maximum atomic E-state index is 13.9. The summed E-state index contributed by atoms with van der Waals surface area (Å²) in [7, 11) is 0.955. The standard InChI is InChI=1S/C36H45BN4O5/c1-20(2)30(40-34(43)44-7)33(42)41-26-13-10-24(18-26)31(41)32-38-19-29(39-32)23-11-14-27-21(16-23)8-9-22-17-25(12-15-28(22)27)37-45-35(3,4)36(5,6)46-37/h11-12,14-17,19-20,24,26,30-31H,8-10,13,18H2,1-7H3,(H,38,39)(H,40,43)/t24?,26?,30-,31-/m0/s1. The Morgan fingerprint density at radius 3 is 2.37 bits per heavy atom. The van der Waals surface area contributed by atoms with Gasteiger partial charge in [-0.1, -0.05) is 44.2 Å². The minimum absolute atomic E-state index is 0.0652. The number of alkyl carbamates (subject to hydrolysis) is 1. The topological polar surface area (TPSA) is 106 Å². The van der Waals surface area contributed by atoms with E-state index in [9.17, 15) is 9.59 Å². The first-order chi connectivity index (χ1) is 21.9. The van der Waals surface area contributed by atoms with Crippen molar-refractivity contribution < 1.29 is 23.6 Å². The van der Waals surface area contributed by atoms with Gasteiger partial charge in [0.15, 0.2) is 0 Å². The van der Waals surface area contributed by atoms with Crippen molar-refractivity contribution in [3.63, 3.8) is 0 Å². The molecular weight excluding hydrogens is 579 g/mol. The molecule has 4 aliphatic rings. The van der Waals surface area contributed by atoms with Crippen molar-refractivity contribution in [1.82, 2.24) is 20.2 Å². The highest BCUT2D eigenvalue weighted by atomic mass is 16.7. The van der Waals surface area contributed by atoms with Crippen LogP contribution in [0.5, 0.6) is 0 Å². The second-order valence-corrected chi connectivity index (χ2v) is 14.8. The molecule has 0 radical (unpaired) electrons. The van der Waals surface area contributed by atoms with Gasteiger partial charge < -0.3 is 29.2 Å². The maximum absolute atomic E-state index is 13.9. The van der Waals surface area contributed by atoms with E-state index in [2.05, 4.69) is 74.4 Å². The molecular formula is C36H45BN4O5. The number of ether oxygens (including phenoxy) is 1. The number of carbonyl (C=O) groups is 2. The van der Waals surface area contributed by atoms with Crippen LogP contribution in [0.25, 0.3) is 22.4 Å². The number of H-pyrrole nitrogens is 1. The Labute approximate surface area is 271 Å². The van der Waals surface area contributed by atoms with Gasteiger partial charge in [-0.25, -0.2) is 9.78 Å². The Bertz CT molecular complexity index is 1670. The van der Waals surface area contributed by atoms with Crippen LogP contribution in [0.2, 0.25) is 0 Å². The number of methoxy groups -OCH3 is 1. The molecule has 0 spiro atoms. The molecule has 2 amide bonds. The van der Waals surface area contributed by atoms with Crippen LogP contribution in [-0.2, 0) is 31.7 Å². The molecule has 2 N–H and O–H groups in total. The van der Waals surface area contributed by atoms with Gasteiger partial charge in [-0.3, -0.25) is 4.79 Å². The zero-order chi connectivity index (χ0) is 32.5. The summed E-state index contributed by atoms with van der Waals surface area (Å²) in [6.45, 7) is 12.2. The van der Waals surface area contributed by atoms with Crippen LogP contribution in [0.3, 0.4) is 0 Å². The molecule has 46 heavy (non-hydrogen) atoms. The summed E-state index contributed by atoms with van der Waals surface area (Å²) in [5.41, 5.74) is 7.51. The van der Waals surface area contributed by atoms with Gasteiger partial charge in [0.1, 0.15) is 11.9 Å². The van der Waals surface area contributed by atoms with Gasteiger partial charge >= 0.3 is 13.2 Å². The number of likely N-dealkylation sites (tertiary alicyclic amines) is 1. The molecule has 2 aliphatic carbocycles. The normalized spacial score (nSPS) is 24.6. The molecule has 1 saturated carbocycles. The number of benzene rings is 2. The highest BCUT2D eigenvalue weighted by molar-refractivity contribution is 6.62. The first kappa shape index (κ1) is 31.0. The molecule has 3 heterocycles. The molecule has 3 aromatic rings. The number of hydrogen-bond acceptors (Lipinski definition) is 6. The second-order valence-electron chi connectivity index (χ2n) is 14.8. The fourth-order valence-electron chi connectivity index (χ4n) is 7.86. The van der Waals surface area contributed by atoms with Crippen LogP contribution < -0.4 is 10.8 Å². The van der Waals surface area contributed by atoms with Gasteiger partial charge in [-0.2, -0.15) is 0 Å². The summed E-state index contributed by atoms with van der Waals surface area (Å²) in [5, 5.41) is 2.77. The van der Waals surface area contributed by atoms with E-state index in [1.807, 2.05) is 24.9 Å². The number of carbonyl (C=O) groups excluding carboxylic acids is 2. The van der Waals surface area contributed by atoms with E-state index in [0.717, 1.165) is 54.6 Å². The molecule has 1 aromatic heterocycles. The molecule has 4 atom stereocenters. The number of aromatic nitrogens is 2. The molecule has 3 fully saturated rings. The van der Waals surface area contributed by atoms with E-state index in [1.54, 1.807) is 0 Å². The molecule has 2 unspecified atom stereocenters. The number of aryl methyl sites for hydroxylation is 2. The third-order valence-electron chi connectivity index (χ3n) is 11.1. The van der Waals surface area contributed by atoms with Gasteiger partial charge in [0.05, 0.1) is 36.2 Å². The van der Waals surface area contributed by atoms with Crippen molar-refractivity contribution >= 4 is 24.6 Å². The van der Waals surface area contributed by atoms with Crippen LogP contribution >= 0.6 is 0 Å². The lowest BCUT2D eigenvalue weighted by molar-refractivity contribution is -0.139. The number of amides is 2. The van der Waals surface area contributed by atoms with Gasteiger partial charge in [0.25, 0.3) is 0 Å². The number of nitrogens with one attached hydrogen (secondary N) is 2. The fourth-order valence-corrected chi connectivity index (χ4v) is 7.86. The third-order valence-corrected chi connectivity index (χ3v) is 11.1. The minimum atomic E-state index is -0.653. The van der Waals surface area contributed by atoms with Crippen LogP contribution in [0.15, 0.2) is 42.6 Å². The Morgan fingerprint density at radius 2 is 1.70 bits per heavy atom. The quantitative estimate of drug-likeness (QED) is 0.348. The zero-order valence-electron chi connectivity index (χ0n) is 28.0. The van der Waals surface area contributed by atoms with E-state index < -0.39 is 12.1 Å². The van der Waals surface area contributed by atoms with Crippen molar-refractivity contribution in [3.05, 3.63) is 59.5 Å². The SMILES string of the molecule is COC(=O)N[C@H](C(=O)N1C2CCC(C2)[C@H]1c1ncc(-c2ccc3c(c2)CCc2cc(B4OC(C)(C)C(C)(C)O4)ccc2-3)[nH]1)C(C)C. The van der Waals surface area contributed by atoms with E-state index in [1.165, 1.54) is 29.4 Å². The molecule has 2 bridgehead atoms. The van der Waals surface area contributed by atoms with Gasteiger partial charge in [-0.15, -0.1) is 0 Å². The van der Waals surface area contributed by atoms with E-state index >= 15 is 0 Å². The number of piperidine rings is 1. The predicted molar refractivity (Wildman–Crippen MR) is 177 cm³/mol. The Hall–Kier alpha value is -3.63. The second kappa shape index (κ2) is 11.3. The number of aromatic amines is 1. The average Bonchev–Trinajstić information content (AvgIpc) is 3.81. The lowest BCUT2D eigenvalue weighted by Crippen LogP contribution is -2.54. The number of imidazole rings is 1. The molecule has 2 aliphatic heterocycles. The highest BCUT2D eigenvalue weighted by Gasteiger charge is 2.53. The molecule has 242 valence electrons. The largest absolute Gasteiger partial charge is 0.494 e. The van der Waals surface area contributed by atoms with Crippen LogP contribution in [-0.4, -0.2) is 64.4 Å². The maximum Gasteiger partial charge on any atom is 0.494 e. The lowest BCUT2D eigenvalue weighted by atomic mass is 9.75. The smallest absolute Gasteiger partial charge is 0.453 e. The Balaban J connectivity index is 1.12. The number of rotatable bonds is 6. The zero-order valence-corrected chi connectivity index (χ0v) is 28.0. The van der Waals surface area contributed by atoms with Crippen molar-refractivity contribution in [2.24, 2.45) is 11.8 Å². The van der Waals surface area contributed by atoms with Gasteiger partial charge in [0, 0.05) is 6.04 Å². The molecule has 9 nitrogen and oxygen atoms in total. The van der Waals surface area contributed by atoms with Crippen molar-refractivity contribution in [2.45, 2.75) is 103 Å². The van der Waals surface area contributed by atoms with Gasteiger partial charge in [-0.05, 0) is 111 Å². The summed E-state index contributed by atoms with van der Waals surface area (Å²) in [6, 6.07) is 12.6. The van der Waals surface area contributed by atoms with Crippen molar-refractivity contribution in [1.29, 1.82) is 0 Å². The first-order valence-electron chi connectivity index (χ1n) is 16.7. The summed E-state index contributed by atoms with van der Waals surface area (Å²) in [6.07, 6.45) is 6.22. The molecule has 2 saturated heterocycles. The van der Waals surface area contributed by atoms with E-state index in [4.69, 9.17) is 19.0 Å². The third kappa shape index (κ3) is 5.14. The van der Waals surface area contributed by atoms with Crippen LogP contribution in [0.4, 0.5) is 4.79 Å². The highest BCUT2D eigenvalue weighted by Crippen LogP contribution is 2.50. The molecule has 7 rings (SSSR count). The van der Waals surface area contributed by atoms with Gasteiger partial charge in [0.2, 0.25) is 5.91 Å². The minimum Gasteiger partial charge on any atom is -0.453 e. The number of fused-ring (bicyclic) bond motifs is 5. The van der Waals surface area contributed by atoms with E-state index in [-0.39, 0.29) is 42.2 Å². The number of nitrogens with zero attached hydrogens (tertiary/aromatic N) is 2. The van der Waals surface area contributed by atoms with Crippen molar-refractivity contribution in [3.8, 4) is 22.4 Å². The van der Waals surface area contributed by atoms with E-state index in [0.29, 0.717) is 5.92 Å². The molecule has 10 heteroatoms. The summed E-state index contributed by atoms with van der Waals surface area (Å²) >= 11 is 0. The van der Waals surface area contributed by atoms with Crippen LogP contribution in [0.1, 0.15) is 83.8 Å². The Kier molecular flexibility index (Phi) is 7.59.